The average Bonchev–Trinajstić information content (AvgIpc) is 3.44. The van der Waals surface area contributed by atoms with Gasteiger partial charge in [0, 0.05) is 16.5 Å². The normalized spacial score (nSPS) is 15.7. The summed E-state index contributed by atoms with van der Waals surface area (Å²) in [6.07, 6.45) is 0. The van der Waals surface area contributed by atoms with Crippen LogP contribution in [0.5, 0.6) is 11.5 Å². The van der Waals surface area contributed by atoms with Crippen LogP contribution < -0.4 is 4.74 Å². The molecule has 0 unspecified atom stereocenters. The Labute approximate surface area is 240 Å². The zero-order chi connectivity index (χ0) is 27.3. The third-order valence-electron chi connectivity index (χ3n) is 9.77. The van der Waals surface area contributed by atoms with E-state index < -0.39 is 5.41 Å². The molecule has 1 heteroatoms. The summed E-state index contributed by atoms with van der Waals surface area (Å²) < 4.78 is 6.74. The molecule has 0 bridgehead atoms. The summed E-state index contributed by atoms with van der Waals surface area (Å²) in [5.41, 5.74) is 15.1. The van der Waals surface area contributed by atoms with E-state index in [1.165, 1.54) is 66.8 Å². The fraction of sp³-hybridized carbons (Fsp3) is 0.100. The predicted octanol–water partition coefficient (Wildman–Crippen LogP) is 10.1. The molecule has 6 aromatic rings. The van der Waals surface area contributed by atoms with E-state index in [0.717, 1.165) is 11.5 Å². The van der Waals surface area contributed by atoms with Crippen LogP contribution in [0.15, 0.2) is 133 Å². The molecule has 9 rings (SSSR count). The molecular weight excluding hydrogens is 496 g/mol. The fourth-order valence-electron chi connectivity index (χ4n) is 7.92. The van der Waals surface area contributed by atoms with Crippen LogP contribution >= 0.6 is 0 Å². The van der Waals surface area contributed by atoms with Crippen LogP contribution in [0.3, 0.4) is 0 Å². The van der Waals surface area contributed by atoms with Crippen molar-refractivity contribution in [2.24, 2.45) is 0 Å². The summed E-state index contributed by atoms with van der Waals surface area (Å²) in [5, 5.41) is 0. The zero-order valence-electron chi connectivity index (χ0n) is 23.1. The summed E-state index contributed by atoms with van der Waals surface area (Å²) in [5.74, 6) is 1.85. The maximum absolute atomic E-state index is 6.74. The number of para-hydroxylation sites is 1. The number of benzene rings is 6. The first-order valence-corrected chi connectivity index (χ1v) is 14.4. The van der Waals surface area contributed by atoms with Gasteiger partial charge in [-0.1, -0.05) is 129 Å². The molecule has 194 valence electrons. The van der Waals surface area contributed by atoms with Gasteiger partial charge in [-0.25, -0.2) is 0 Å². The second-order valence-corrected chi connectivity index (χ2v) is 12.1. The van der Waals surface area contributed by atoms with Crippen LogP contribution in [-0.2, 0) is 10.8 Å². The molecule has 0 fully saturated rings. The van der Waals surface area contributed by atoms with Crippen molar-refractivity contribution in [3.05, 3.63) is 167 Å². The molecule has 0 atom stereocenters. The Kier molecular flexibility index (Phi) is 4.39. The van der Waals surface area contributed by atoms with Gasteiger partial charge in [0.2, 0.25) is 0 Å². The third kappa shape index (κ3) is 2.81. The van der Waals surface area contributed by atoms with E-state index in [9.17, 15) is 0 Å². The highest BCUT2D eigenvalue weighted by atomic mass is 16.5. The molecule has 2 aliphatic carbocycles. The summed E-state index contributed by atoms with van der Waals surface area (Å²) in [4.78, 5) is 0. The summed E-state index contributed by atoms with van der Waals surface area (Å²) in [6.45, 7) is 4.68. The number of fused-ring (bicyclic) bond motifs is 12. The molecule has 1 nitrogen and oxygen atoms in total. The molecule has 0 saturated heterocycles. The summed E-state index contributed by atoms with van der Waals surface area (Å²) in [6, 6.07) is 49.0. The van der Waals surface area contributed by atoms with E-state index in [1.807, 2.05) is 0 Å². The Hall–Kier alpha value is -4.88. The predicted molar refractivity (Wildman–Crippen MR) is 167 cm³/mol. The van der Waals surface area contributed by atoms with Crippen molar-refractivity contribution < 1.29 is 4.74 Å². The second kappa shape index (κ2) is 7.86. The van der Waals surface area contributed by atoms with Gasteiger partial charge in [-0.2, -0.15) is 0 Å². The topological polar surface area (TPSA) is 9.23 Å². The Morgan fingerprint density at radius 2 is 0.878 bits per heavy atom. The zero-order valence-corrected chi connectivity index (χ0v) is 23.1. The minimum atomic E-state index is -0.419. The molecular formula is C40H28O. The minimum Gasteiger partial charge on any atom is -0.457 e. The van der Waals surface area contributed by atoms with Crippen LogP contribution in [0.2, 0.25) is 0 Å². The Balaban J connectivity index is 1.27. The molecule has 1 spiro atoms. The standard InChI is InChI=1S/C40H28O/c1-39(2)31-14-6-3-11-27(31)30-21-19-25(23-36(30)39)26-20-22-35-38(24-26)41-37-18-10-9-17-34(37)40(35)32-15-7-4-12-28(32)29-13-5-8-16-33(29)40/h3-24H,1-2H3. The molecule has 0 radical (unpaired) electrons. The first-order chi connectivity index (χ1) is 20.1. The fourth-order valence-corrected chi connectivity index (χ4v) is 7.92. The van der Waals surface area contributed by atoms with Crippen LogP contribution in [0.4, 0.5) is 0 Å². The van der Waals surface area contributed by atoms with Crippen molar-refractivity contribution in [1.29, 1.82) is 0 Å². The van der Waals surface area contributed by atoms with Gasteiger partial charge in [0.1, 0.15) is 11.5 Å². The van der Waals surface area contributed by atoms with Gasteiger partial charge in [0.25, 0.3) is 0 Å². The van der Waals surface area contributed by atoms with Gasteiger partial charge < -0.3 is 4.74 Å². The lowest BCUT2D eigenvalue weighted by Gasteiger charge is -2.39. The first-order valence-electron chi connectivity index (χ1n) is 14.4. The van der Waals surface area contributed by atoms with Crippen molar-refractivity contribution in [1.82, 2.24) is 0 Å². The molecule has 6 aromatic carbocycles. The van der Waals surface area contributed by atoms with E-state index >= 15 is 0 Å². The maximum Gasteiger partial charge on any atom is 0.132 e. The van der Waals surface area contributed by atoms with Gasteiger partial charge in [0.05, 0.1) is 5.41 Å². The molecule has 3 aliphatic rings. The quantitative estimate of drug-likeness (QED) is 0.208. The van der Waals surface area contributed by atoms with Gasteiger partial charge in [-0.15, -0.1) is 0 Å². The van der Waals surface area contributed by atoms with Crippen LogP contribution in [0.25, 0.3) is 33.4 Å². The number of hydrogen-bond donors (Lipinski definition) is 0. The molecule has 0 amide bonds. The van der Waals surface area contributed by atoms with Crippen molar-refractivity contribution >= 4 is 0 Å². The van der Waals surface area contributed by atoms with E-state index in [2.05, 4.69) is 147 Å². The molecule has 0 N–H and O–H groups in total. The number of ether oxygens (including phenoxy) is 1. The van der Waals surface area contributed by atoms with Gasteiger partial charge in [-0.05, 0) is 73.8 Å². The summed E-state index contributed by atoms with van der Waals surface area (Å²) >= 11 is 0. The lowest BCUT2D eigenvalue weighted by atomic mass is 9.66. The van der Waals surface area contributed by atoms with Gasteiger partial charge >= 0.3 is 0 Å². The highest BCUT2D eigenvalue weighted by Gasteiger charge is 2.50. The second-order valence-electron chi connectivity index (χ2n) is 12.1. The van der Waals surface area contributed by atoms with Crippen molar-refractivity contribution in [3.63, 3.8) is 0 Å². The summed E-state index contributed by atoms with van der Waals surface area (Å²) in [7, 11) is 0. The molecule has 0 saturated carbocycles. The van der Waals surface area contributed by atoms with Crippen LogP contribution in [0.1, 0.15) is 47.2 Å². The Bertz CT molecular complexity index is 2020. The number of hydrogen-bond acceptors (Lipinski definition) is 1. The highest BCUT2D eigenvalue weighted by molar-refractivity contribution is 5.89. The smallest absolute Gasteiger partial charge is 0.132 e. The van der Waals surface area contributed by atoms with E-state index in [4.69, 9.17) is 4.74 Å². The molecule has 41 heavy (non-hydrogen) atoms. The Morgan fingerprint density at radius 3 is 1.59 bits per heavy atom. The third-order valence-corrected chi connectivity index (χ3v) is 9.77. The van der Waals surface area contributed by atoms with Crippen molar-refractivity contribution in [2.45, 2.75) is 24.7 Å². The lowest BCUT2D eigenvalue weighted by molar-refractivity contribution is 0.436. The van der Waals surface area contributed by atoms with Crippen LogP contribution in [0, 0.1) is 0 Å². The maximum atomic E-state index is 6.74. The van der Waals surface area contributed by atoms with Crippen molar-refractivity contribution in [2.75, 3.05) is 0 Å². The highest BCUT2D eigenvalue weighted by Crippen LogP contribution is 2.62. The molecule has 0 aromatic heterocycles. The Morgan fingerprint density at radius 1 is 0.390 bits per heavy atom. The molecule has 1 heterocycles. The minimum absolute atomic E-state index is 0.0348. The van der Waals surface area contributed by atoms with E-state index in [-0.39, 0.29) is 5.41 Å². The van der Waals surface area contributed by atoms with Crippen molar-refractivity contribution in [3.8, 4) is 44.9 Å². The monoisotopic (exact) mass is 524 g/mol. The lowest BCUT2D eigenvalue weighted by Crippen LogP contribution is -2.32. The SMILES string of the molecule is CC1(C)c2ccccc2-c2ccc(-c3ccc4c(c3)Oc3ccccc3C43c4ccccc4-c4ccccc43)cc21. The van der Waals surface area contributed by atoms with Gasteiger partial charge in [-0.3, -0.25) is 0 Å². The van der Waals surface area contributed by atoms with Gasteiger partial charge in [0.15, 0.2) is 0 Å². The molecule has 1 aliphatic heterocycles. The van der Waals surface area contributed by atoms with E-state index in [0.29, 0.717) is 0 Å². The first kappa shape index (κ1) is 22.9. The largest absolute Gasteiger partial charge is 0.457 e. The number of rotatable bonds is 1. The van der Waals surface area contributed by atoms with Crippen LogP contribution in [-0.4, -0.2) is 0 Å². The average molecular weight is 525 g/mol. The van der Waals surface area contributed by atoms with E-state index in [1.54, 1.807) is 0 Å².